The second-order valence-electron chi connectivity index (χ2n) is 4.65. The summed E-state index contributed by atoms with van der Waals surface area (Å²) in [6.45, 7) is 4.07. The molecule has 1 atom stereocenters. The van der Waals surface area contributed by atoms with E-state index in [4.69, 9.17) is 0 Å². The van der Waals surface area contributed by atoms with E-state index in [1.54, 1.807) is 6.92 Å². The van der Waals surface area contributed by atoms with E-state index < -0.39 is 21.5 Å². The minimum atomic E-state index is -3.03. The summed E-state index contributed by atoms with van der Waals surface area (Å²) in [6.07, 6.45) is 0.872. The fourth-order valence-corrected chi connectivity index (χ4v) is 2.94. The van der Waals surface area contributed by atoms with Gasteiger partial charge in [-0.1, -0.05) is 13.8 Å². The summed E-state index contributed by atoms with van der Waals surface area (Å²) in [5.74, 6) is -0.795. The molecular formula is C14H21F2NO2S. The molecule has 1 aromatic rings. The zero-order chi connectivity index (χ0) is 15.2. The number of nitrogens with one attached hydrogen (secondary N) is 1. The van der Waals surface area contributed by atoms with Gasteiger partial charge >= 0.3 is 0 Å². The Morgan fingerprint density at radius 1 is 1.25 bits per heavy atom. The maximum Gasteiger partial charge on any atom is 0.150 e. The molecule has 0 fully saturated rings. The first-order valence-electron chi connectivity index (χ1n) is 6.78. The Hall–Kier alpha value is -1.01. The van der Waals surface area contributed by atoms with Crippen LogP contribution in [-0.2, 0) is 9.84 Å². The van der Waals surface area contributed by atoms with Gasteiger partial charge in [0.05, 0.1) is 5.75 Å². The molecular weight excluding hydrogens is 284 g/mol. The standard InChI is InChI=1S/C14H21F2NO2S/c1-3-17-14(6-5-9-20(18,19)4-2)12-10-11(15)7-8-13(12)16/h7-8,10,14,17H,3-6,9H2,1-2H3. The zero-order valence-corrected chi connectivity index (χ0v) is 12.6. The summed E-state index contributed by atoms with van der Waals surface area (Å²) < 4.78 is 49.9. The van der Waals surface area contributed by atoms with E-state index in [0.717, 1.165) is 18.2 Å². The van der Waals surface area contributed by atoms with Gasteiger partial charge in [0.25, 0.3) is 0 Å². The monoisotopic (exact) mass is 305 g/mol. The average Bonchev–Trinajstić information content (AvgIpc) is 2.40. The fraction of sp³-hybridized carbons (Fsp3) is 0.571. The average molecular weight is 305 g/mol. The molecule has 0 bridgehead atoms. The van der Waals surface area contributed by atoms with Crippen molar-refractivity contribution < 1.29 is 17.2 Å². The van der Waals surface area contributed by atoms with Crippen LogP contribution in [0.15, 0.2) is 18.2 Å². The van der Waals surface area contributed by atoms with Crippen molar-refractivity contribution in [2.75, 3.05) is 18.1 Å². The summed E-state index contributed by atoms with van der Waals surface area (Å²) >= 11 is 0. The minimum absolute atomic E-state index is 0.0718. The Morgan fingerprint density at radius 3 is 2.55 bits per heavy atom. The van der Waals surface area contributed by atoms with Crippen LogP contribution in [-0.4, -0.2) is 26.5 Å². The van der Waals surface area contributed by atoms with E-state index in [-0.39, 0.29) is 23.1 Å². The molecule has 20 heavy (non-hydrogen) atoms. The third-order valence-corrected chi connectivity index (χ3v) is 4.96. The molecule has 114 valence electrons. The predicted molar refractivity (Wildman–Crippen MR) is 76.3 cm³/mol. The van der Waals surface area contributed by atoms with Crippen molar-refractivity contribution in [1.29, 1.82) is 0 Å². The second-order valence-corrected chi connectivity index (χ2v) is 7.13. The smallest absolute Gasteiger partial charge is 0.150 e. The van der Waals surface area contributed by atoms with Crippen molar-refractivity contribution in [3.63, 3.8) is 0 Å². The first-order valence-corrected chi connectivity index (χ1v) is 8.60. The molecule has 0 spiro atoms. The highest BCUT2D eigenvalue weighted by molar-refractivity contribution is 7.91. The zero-order valence-electron chi connectivity index (χ0n) is 11.8. The highest BCUT2D eigenvalue weighted by Crippen LogP contribution is 2.23. The summed E-state index contributed by atoms with van der Waals surface area (Å²) in [5.41, 5.74) is 0.251. The first kappa shape index (κ1) is 17.0. The van der Waals surface area contributed by atoms with Gasteiger partial charge in [-0.25, -0.2) is 17.2 Å². The van der Waals surface area contributed by atoms with Crippen LogP contribution in [0.2, 0.25) is 0 Å². The van der Waals surface area contributed by atoms with Crippen LogP contribution in [0, 0.1) is 11.6 Å². The van der Waals surface area contributed by atoms with Crippen LogP contribution in [0.3, 0.4) is 0 Å². The van der Waals surface area contributed by atoms with Crippen LogP contribution in [0.4, 0.5) is 8.78 Å². The van der Waals surface area contributed by atoms with Crippen molar-refractivity contribution in [3.05, 3.63) is 35.4 Å². The van der Waals surface area contributed by atoms with Crippen molar-refractivity contribution in [2.24, 2.45) is 0 Å². The normalized spacial score (nSPS) is 13.4. The molecule has 0 heterocycles. The second kappa shape index (κ2) is 7.69. The Bertz CT molecular complexity index is 532. The van der Waals surface area contributed by atoms with E-state index in [1.807, 2.05) is 6.92 Å². The van der Waals surface area contributed by atoms with Gasteiger partial charge in [-0.05, 0) is 37.6 Å². The number of hydrogen-bond acceptors (Lipinski definition) is 3. The van der Waals surface area contributed by atoms with E-state index >= 15 is 0 Å². The van der Waals surface area contributed by atoms with E-state index in [0.29, 0.717) is 19.4 Å². The quantitative estimate of drug-likeness (QED) is 0.803. The Kier molecular flexibility index (Phi) is 6.55. The lowest BCUT2D eigenvalue weighted by Crippen LogP contribution is -2.23. The van der Waals surface area contributed by atoms with Gasteiger partial charge in [0, 0.05) is 17.4 Å². The maximum atomic E-state index is 13.7. The van der Waals surface area contributed by atoms with E-state index in [9.17, 15) is 17.2 Å². The van der Waals surface area contributed by atoms with Gasteiger partial charge in [0.1, 0.15) is 21.5 Å². The lowest BCUT2D eigenvalue weighted by Gasteiger charge is -2.19. The highest BCUT2D eigenvalue weighted by atomic mass is 32.2. The van der Waals surface area contributed by atoms with Crippen LogP contribution >= 0.6 is 0 Å². The van der Waals surface area contributed by atoms with Crippen molar-refractivity contribution >= 4 is 9.84 Å². The molecule has 0 aliphatic carbocycles. The van der Waals surface area contributed by atoms with Gasteiger partial charge in [0.15, 0.2) is 0 Å². The number of rotatable bonds is 8. The Balaban J connectivity index is 2.76. The molecule has 1 rings (SSSR count). The van der Waals surface area contributed by atoms with Gasteiger partial charge in [-0.2, -0.15) is 0 Å². The minimum Gasteiger partial charge on any atom is -0.310 e. The highest BCUT2D eigenvalue weighted by Gasteiger charge is 2.17. The fourth-order valence-electron chi connectivity index (χ4n) is 2.05. The molecule has 0 amide bonds. The van der Waals surface area contributed by atoms with Crippen LogP contribution in [0.1, 0.15) is 38.3 Å². The molecule has 0 saturated carbocycles. The lowest BCUT2D eigenvalue weighted by atomic mass is 10.0. The summed E-state index contributed by atoms with van der Waals surface area (Å²) in [4.78, 5) is 0. The van der Waals surface area contributed by atoms with Gasteiger partial charge in [-0.15, -0.1) is 0 Å². The van der Waals surface area contributed by atoms with Crippen molar-refractivity contribution in [3.8, 4) is 0 Å². The number of benzene rings is 1. The lowest BCUT2D eigenvalue weighted by molar-refractivity contribution is 0.474. The molecule has 0 aliphatic heterocycles. The molecule has 3 nitrogen and oxygen atoms in total. The Morgan fingerprint density at radius 2 is 1.95 bits per heavy atom. The van der Waals surface area contributed by atoms with Crippen LogP contribution < -0.4 is 5.32 Å². The van der Waals surface area contributed by atoms with Crippen LogP contribution in [0.5, 0.6) is 0 Å². The largest absolute Gasteiger partial charge is 0.310 e. The predicted octanol–water partition coefficient (Wildman–Crippen LogP) is 2.83. The molecule has 0 aromatic heterocycles. The van der Waals surface area contributed by atoms with Gasteiger partial charge in [-0.3, -0.25) is 0 Å². The maximum absolute atomic E-state index is 13.7. The molecule has 6 heteroatoms. The molecule has 0 radical (unpaired) electrons. The summed E-state index contributed by atoms with van der Waals surface area (Å²) in [7, 11) is -3.03. The third-order valence-electron chi connectivity index (χ3n) is 3.17. The molecule has 1 N–H and O–H groups in total. The molecule has 1 unspecified atom stereocenters. The van der Waals surface area contributed by atoms with Crippen LogP contribution in [0.25, 0.3) is 0 Å². The molecule has 0 saturated heterocycles. The first-order chi connectivity index (χ1) is 9.39. The van der Waals surface area contributed by atoms with Crippen molar-refractivity contribution in [2.45, 2.75) is 32.7 Å². The van der Waals surface area contributed by atoms with Gasteiger partial charge < -0.3 is 5.32 Å². The topological polar surface area (TPSA) is 46.2 Å². The molecule has 1 aromatic carbocycles. The van der Waals surface area contributed by atoms with E-state index in [1.165, 1.54) is 0 Å². The summed E-state index contributed by atoms with van der Waals surface area (Å²) in [5, 5.41) is 3.07. The number of hydrogen-bond donors (Lipinski definition) is 1. The van der Waals surface area contributed by atoms with Gasteiger partial charge in [0.2, 0.25) is 0 Å². The van der Waals surface area contributed by atoms with Crippen molar-refractivity contribution in [1.82, 2.24) is 5.32 Å². The van der Waals surface area contributed by atoms with E-state index in [2.05, 4.69) is 5.32 Å². The SMILES string of the molecule is CCNC(CCCS(=O)(=O)CC)c1cc(F)ccc1F. The summed E-state index contributed by atoms with van der Waals surface area (Å²) in [6, 6.07) is 2.96. The number of sulfone groups is 1. The third kappa shape index (κ3) is 5.17. The number of halogens is 2. The molecule has 0 aliphatic rings. The Labute approximate surface area is 119 Å².